The molecule has 7 nitrogen and oxygen atoms in total. The Balaban J connectivity index is 2.02. The molecule has 0 fully saturated rings. The summed E-state index contributed by atoms with van der Waals surface area (Å²) in [6, 6.07) is 10.5. The third kappa shape index (κ3) is 3.68. The van der Waals surface area contributed by atoms with Crippen molar-refractivity contribution in [2.24, 2.45) is 0 Å². The number of aromatic carboxylic acids is 1. The zero-order chi connectivity index (χ0) is 18.8. The lowest BCUT2D eigenvalue weighted by Crippen LogP contribution is -2.22. The highest BCUT2D eigenvalue weighted by molar-refractivity contribution is 6.34. The van der Waals surface area contributed by atoms with Crippen LogP contribution in [0.1, 0.15) is 16.2 Å². The van der Waals surface area contributed by atoms with Crippen LogP contribution in [0.25, 0.3) is 5.69 Å². The molecule has 0 unspecified atom stereocenters. The maximum atomic E-state index is 12.1. The summed E-state index contributed by atoms with van der Waals surface area (Å²) >= 11 is 12.2. The number of nitrogens with one attached hydrogen (secondary N) is 1. The third-order valence-electron chi connectivity index (χ3n) is 3.49. The van der Waals surface area contributed by atoms with E-state index in [1.165, 1.54) is 28.9 Å². The summed E-state index contributed by atoms with van der Waals surface area (Å²) in [5, 5.41) is 18.7. The molecule has 0 aliphatic rings. The predicted octanol–water partition coefficient (Wildman–Crippen LogP) is 2.35. The first kappa shape index (κ1) is 17.9. The van der Waals surface area contributed by atoms with Crippen molar-refractivity contribution in [1.29, 1.82) is 0 Å². The molecule has 1 aromatic heterocycles. The number of hydrogen-bond donors (Lipinski definition) is 1. The Hall–Kier alpha value is -2.90. The molecule has 3 aromatic rings. The molecule has 0 saturated heterocycles. The number of benzene rings is 2. The molecule has 3 rings (SSSR count). The van der Waals surface area contributed by atoms with Crippen molar-refractivity contribution in [3.8, 4) is 5.69 Å². The van der Waals surface area contributed by atoms with Gasteiger partial charge in [-0.25, -0.2) is 4.68 Å². The monoisotopic (exact) mass is 389 g/mol. The molecule has 0 saturated carbocycles. The van der Waals surface area contributed by atoms with E-state index in [0.29, 0.717) is 27.2 Å². The topological polar surface area (TPSA) is 99.9 Å². The fourth-order valence-electron chi connectivity index (χ4n) is 2.24. The molecule has 0 bridgehead atoms. The number of aromatic nitrogens is 3. The molecule has 0 aliphatic heterocycles. The highest BCUT2D eigenvalue weighted by atomic mass is 35.5. The largest absolute Gasteiger partial charge is 0.545 e. The summed E-state index contributed by atoms with van der Waals surface area (Å²) in [4.78, 5) is 26.9. The van der Waals surface area contributed by atoms with Crippen molar-refractivity contribution in [2.45, 2.75) is 6.92 Å². The van der Waals surface area contributed by atoms with Gasteiger partial charge in [0, 0.05) is 10.7 Å². The number of anilines is 2. The maximum Gasteiger partial charge on any atom is 0.316 e. The molecule has 1 N–H and O–H groups in total. The van der Waals surface area contributed by atoms with Gasteiger partial charge in [-0.05, 0) is 42.8 Å². The van der Waals surface area contributed by atoms with E-state index in [1.807, 2.05) is 0 Å². The van der Waals surface area contributed by atoms with Gasteiger partial charge in [0.15, 0.2) is 0 Å². The molecule has 0 radical (unpaired) electrons. The summed E-state index contributed by atoms with van der Waals surface area (Å²) in [5.74, 6) is -1.01. The minimum absolute atomic E-state index is 0.0219. The number of carbonyl (C=O) groups is 1. The van der Waals surface area contributed by atoms with Crippen LogP contribution in [-0.4, -0.2) is 20.7 Å². The van der Waals surface area contributed by atoms with Crippen LogP contribution >= 0.6 is 23.2 Å². The summed E-state index contributed by atoms with van der Waals surface area (Å²) in [6.07, 6.45) is 0. The van der Waals surface area contributed by atoms with Gasteiger partial charge >= 0.3 is 5.56 Å². The van der Waals surface area contributed by atoms with E-state index in [9.17, 15) is 14.7 Å². The summed E-state index contributed by atoms with van der Waals surface area (Å²) in [7, 11) is 0. The minimum atomic E-state index is -1.29. The van der Waals surface area contributed by atoms with Gasteiger partial charge in [0.1, 0.15) is 5.82 Å². The smallest absolute Gasteiger partial charge is 0.316 e. The van der Waals surface area contributed by atoms with Crippen LogP contribution in [0.4, 0.5) is 11.5 Å². The Bertz CT molecular complexity index is 1050. The van der Waals surface area contributed by atoms with Crippen LogP contribution in [0.15, 0.2) is 47.3 Å². The summed E-state index contributed by atoms with van der Waals surface area (Å²) in [6.45, 7) is 1.62. The second-order valence-corrected chi connectivity index (χ2v) is 6.15. The number of carboxylic acids is 1. The molecule has 26 heavy (non-hydrogen) atoms. The molecule has 0 spiro atoms. The van der Waals surface area contributed by atoms with Crippen molar-refractivity contribution in [2.75, 3.05) is 5.32 Å². The van der Waals surface area contributed by atoms with E-state index in [0.717, 1.165) is 0 Å². The summed E-state index contributed by atoms with van der Waals surface area (Å²) in [5.41, 5.74) is 0.392. The van der Waals surface area contributed by atoms with Gasteiger partial charge < -0.3 is 15.2 Å². The van der Waals surface area contributed by atoms with Crippen LogP contribution < -0.4 is 16.0 Å². The number of hydrogen-bond acceptors (Lipinski definition) is 6. The van der Waals surface area contributed by atoms with E-state index < -0.39 is 11.5 Å². The second kappa shape index (κ2) is 7.15. The minimum Gasteiger partial charge on any atom is -0.545 e. The van der Waals surface area contributed by atoms with Gasteiger partial charge in [0.05, 0.1) is 16.7 Å². The first-order valence-electron chi connectivity index (χ1n) is 7.37. The van der Waals surface area contributed by atoms with E-state index in [-0.39, 0.29) is 11.4 Å². The Morgan fingerprint density at radius 3 is 2.50 bits per heavy atom. The number of aryl methyl sites for hydroxylation is 1. The first-order valence-corrected chi connectivity index (χ1v) is 8.12. The highest BCUT2D eigenvalue weighted by Gasteiger charge is 2.12. The van der Waals surface area contributed by atoms with Crippen LogP contribution in [0, 0.1) is 6.92 Å². The molecule has 2 aromatic carbocycles. The van der Waals surface area contributed by atoms with E-state index in [2.05, 4.69) is 15.4 Å². The molecule has 1 heterocycles. The van der Waals surface area contributed by atoms with Gasteiger partial charge in [0.25, 0.3) is 0 Å². The quantitative estimate of drug-likeness (QED) is 0.734. The molecular weight excluding hydrogens is 379 g/mol. The van der Waals surface area contributed by atoms with Gasteiger partial charge in [-0.3, -0.25) is 4.79 Å². The second-order valence-electron chi connectivity index (χ2n) is 5.31. The van der Waals surface area contributed by atoms with Crippen LogP contribution in [0.2, 0.25) is 10.0 Å². The fraction of sp³-hybridized carbons (Fsp3) is 0.0588. The van der Waals surface area contributed by atoms with Crippen molar-refractivity contribution < 1.29 is 9.90 Å². The Labute approximate surface area is 157 Å². The first-order chi connectivity index (χ1) is 12.3. The molecular formula is C17H11Cl2N4O3-. The van der Waals surface area contributed by atoms with Crippen molar-refractivity contribution in [3.05, 3.63) is 74.3 Å². The molecule has 132 valence electrons. The fourth-order valence-corrected chi connectivity index (χ4v) is 2.61. The number of carbonyl (C=O) groups excluding carboxylic acids is 1. The van der Waals surface area contributed by atoms with Gasteiger partial charge in [-0.2, -0.15) is 4.98 Å². The maximum absolute atomic E-state index is 12.1. The molecule has 0 atom stereocenters. The molecule has 9 heteroatoms. The van der Waals surface area contributed by atoms with Crippen LogP contribution in [0.3, 0.4) is 0 Å². The van der Waals surface area contributed by atoms with Gasteiger partial charge in [-0.1, -0.05) is 35.3 Å². The van der Waals surface area contributed by atoms with Crippen molar-refractivity contribution in [1.82, 2.24) is 14.8 Å². The van der Waals surface area contributed by atoms with Crippen molar-refractivity contribution in [3.63, 3.8) is 0 Å². The normalized spacial score (nSPS) is 10.6. The zero-order valence-corrected chi connectivity index (χ0v) is 14.9. The average molecular weight is 390 g/mol. The van der Waals surface area contributed by atoms with Crippen molar-refractivity contribution >= 4 is 40.7 Å². The van der Waals surface area contributed by atoms with Gasteiger partial charge in [-0.15, -0.1) is 5.10 Å². The van der Waals surface area contributed by atoms with Gasteiger partial charge in [0.2, 0.25) is 5.82 Å². The summed E-state index contributed by atoms with van der Waals surface area (Å²) < 4.78 is 1.40. The molecule has 0 amide bonds. The van der Waals surface area contributed by atoms with E-state index >= 15 is 0 Å². The predicted molar refractivity (Wildman–Crippen MR) is 96.4 cm³/mol. The lowest BCUT2D eigenvalue weighted by Gasteiger charge is -2.13. The SMILES string of the molecule is Cc1nc(=O)c(Nc2ccc(C(=O)[O-])cc2)nn1-c1cc(Cl)ccc1Cl. The average Bonchev–Trinajstić information content (AvgIpc) is 2.60. The number of carboxylic acid groups (broad SMARTS) is 1. The number of halogens is 2. The Morgan fingerprint density at radius 2 is 1.85 bits per heavy atom. The lowest BCUT2D eigenvalue weighted by molar-refractivity contribution is -0.255. The Kier molecular flexibility index (Phi) is 4.92. The van der Waals surface area contributed by atoms with Crippen LogP contribution in [-0.2, 0) is 0 Å². The number of rotatable bonds is 4. The number of nitrogens with zero attached hydrogens (tertiary/aromatic N) is 3. The lowest BCUT2D eigenvalue weighted by atomic mass is 10.2. The Morgan fingerprint density at radius 1 is 1.15 bits per heavy atom. The zero-order valence-electron chi connectivity index (χ0n) is 13.4. The van der Waals surface area contributed by atoms with E-state index in [4.69, 9.17) is 23.2 Å². The standard InChI is InChI=1S/C17H12Cl2N4O3/c1-9-20-16(24)15(21-12-5-2-10(3-6-12)17(25)26)22-23(9)14-8-11(18)4-7-13(14)19/h2-8H,1H3,(H,21,22)(H,25,26)/p-1. The third-order valence-corrected chi connectivity index (χ3v) is 4.05. The highest BCUT2D eigenvalue weighted by Crippen LogP contribution is 2.24. The molecule has 0 aliphatic carbocycles. The van der Waals surface area contributed by atoms with Crippen LogP contribution in [0.5, 0.6) is 0 Å². The van der Waals surface area contributed by atoms with E-state index in [1.54, 1.807) is 25.1 Å².